The van der Waals surface area contributed by atoms with Gasteiger partial charge in [0.1, 0.15) is 0 Å². The van der Waals surface area contributed by atoms with Gasteiger partial charge in [0.2, 0.25) is 0 Å². The highest BCUT2D eigenvalue weighted by molar-refractivity contribution is 5.34. The third-order valence-corrected chi connectivity index (χ3v) is 5.37. The van der Waals surface area contributed by atoms with E-state index < -0.39 is 0 Å². The Labute approximate surface area is 132 Å². The van der Waals surface area contributed by atoms with Crippen LogP contribution in [0, 0.1) is 0 Å². The molecule has 0 radical (unpaired) electrons. The molecular formula is C20H37N. The number of aryl methyl sites for hydroxylation is 1. The van der Waals surface area contributed by atoms with E-state index in [0.29, 0.717) is 0 Å². The van der Waals surface area contributed by atoms with Crippen LogP contribution in [0.5, 0.6) is 0 Å². The molecule has 122 valence electrons. The van der Waals surface area contributed by atoms with E-state index in [2.05, 4.69) is 59.5 Å². The highest BCUT2D eigenvalue weighted by Gasteiger charge is 2.28. The van der Waals surface area contributed by atoms with E-state index in [0.717, 1.165) is 0 Å². The number of hydrogen-bond donors (Lipinski definition) is 1. The molecule has 1 aromatic rings. The molecule has 0 bridgehead atoms. The number of aromatic amines is 1. The van der Waals surface area contributed by atoms with E-state index in [1.807, 2.05) is 0 Å². The molecular weight excluding hydrogens is 254 g/mol. The molecule has 0 aliphatic carbocycles. The van der Waals surface area contributed by atoms with Gasteiger partial charge in [-0.15, -0.1) is 0 Å². The molecule has 1 aromatic heterocycles. The molecule has 1 nitrogen and oxygen atoms in total. The van der Waals surface area contributed by atoms with Crippen molar-refractivity contribution >= 4 is 0 Å². The summed E-state index contributed by atoms with van der Waals surface area (Å²) in [5.41, 5.74) is 4.97. The van der Waals surface area contributed by atoms with Crippen molar-refractivity contribution in [2.45, 2.75) is 104 Å². The van der Waals surface area contributed by atoms with Crippen LogP contribution in [0.15, 0.2) is 6.07 Å². The van der Waals surface area contributed by atoms with Crippen molar-refractivity contribution in [3.63, 3.8) is 0 Å². The van der Waals surface area contributed by atoms with Crippen molar-refractivity contribution in [2.75, 3.05) is 0 Å². The van der Waals surface area contributed by atoms with Crippen molar-refractivity contribution in [3.8, 4) is 0 Å². The van der Waals surface area contributed by atoms with Gasteiger partial charge in [-0.3, -0.25) is 0 Å². The lowest BCUT2D eigenvalue weighted by atomic mass is 9.83. The zero-order chi connectivity index (χ0) is 16.1. The maximum atomic E-state index is 3.81. The van der Waals surface area contributed by atoms with E-state index >= 15 is 0 Å². The van der Waals surface area contributed by atoms with Crippen molar-refractivity contribution in [3.05, 3.63) is 23.0 Å². The van der Waals surface area contributed by atoms with Crippen LogP contribution in [-0.2, 0) is 17.3 Å². The van der Waals surface area contributed by atoms with Gasteiger partial charge in [0.25, 0.3) is 0 Å². The number of nitrogens with one attached hydrogen (secondary N) is 1. The number of unbranched alkanes of at least 4 members (excludes halogenated alkanes) is 3. The molecule has 0 atom stereocenters. The summed E-state index contributed by atoms with van der Waals surface area (Å²) in [6, 6.07) is 2.46. The lowest BCUT2D eigenvalue weighted by Crippen LogP contribution is -2.20. The second-order valence-corrected chi connectivity index (χ2v) is 7.87. The van der Waals surface area contributed by atoms with Gasteiger partial charge in [-0.1, -0.05) is 67.7 Å². The van der Waals surface area contributed by atoms with Crippen molar-refractivity contribution < 1.29 is 0 Å². The van der Waals surface area contributed by atoms with Gasteiger partial charge in [0.15, 0.2) is 0 Å². The Kier molecular flexibility index (Phi) is 6.56. The van der Waals surface area contributed by atoms with Gasteiger partial charge in [0.05, 0.1) is 0 Å². The number of aromatic nitrogens is 1. The topological polar surface area (TPSA) is 15.8 Å². The van der Waals surface area contributed by atoms with Crippen molar-refractivity contribution in [2.24, 2.45) is 0 Å². The summed E-state index contributed by atoms with van der Waals surface area (Å²) in [7, 11) is 0. The second-order valence-electron chi connectivity index (χ2n) is 7.87. The minimum Gasteiger partial charge on any atom is -0.361 e. The fraction of sp³-hybridized carbons (Fsp3) is 0.800. The third-order valence-electron chi connectivity index (χ3n) is 5.37. The van der Waals surface area contributed by atoms with Gasteiger partial charge in [-0.25, -0.2) is 0 Å². The summed E-state index contributed by atoms with van der Waals surface area (Å²) in [4.78, 5) is 3.81. The van der Waals surface area contributed by atoms with Crippen molar-refractivity contribution in [1.29, 1.82) is 0 Å². The first-order valence-electron chi connectivity index (χ1n) is 9.01. The van der Waals surface area contributed by atoms with Crippen LogP contribution in [0.3, 0.4) is 0 Å². The Morgan fingerprint density at radius 2 is 1.48 bits per heavy atom. The monoisotopic (exact) mass is 291 g/mol. The normalized spacial score (nSPS) is 12.9. The molecule has 1 rings (SSSR count). The molecule has 0 amide bonds. The van der Waals surface area contributed by atoms with E-state index in [1.54, 1.807) is 5.56 Å². The fourth-order valence-corrected chi connectivity index (χ4v) is 2.77. The zero-order valence-corrected chi connectivity index (χ0v) is 15.5. The lowest BCUT2D eigenvalue weighted by molar-refractivity contribution is 0.467. The third kappa shape index (κ3) is 4.63. The Hall–Kier alpha value is -0.720. The van der Waals surface area contributed by atoms with Gasteiger partial charge in [-0.05, 0) is 37.3 Å². The minimum atomic E-state index is 0.250. The minimum absolute atomic E-state index is 0.250. The molecule has 0 spiro atoms. The van der Waals surface area contributed by atoms with Gasteiger partial charge in [0, 0.05) is 22.2 Å². The standard InChI is InChI=1S/C20H37N/c1-8-11-12-13-14-16-15-17(19(4,5)9-2)21-18(16)20(6,7)10-3/h15,21H,8-14H2,1-7H3. The maximum absolute atomic E-state index is 3.81. The summed E-state index contributed by atoms with van der Waals surface area (Å²) < 4.78 is 0. The number of hydrogen-bond acceptors (Lipinski definition) is 0. The van der Waals surface area contributed by atoms with Gasteiger partial charge < -0.3 is 4.98 Å². The van der Waals surface area contributed by atoms with Crippen LogP contribution in [0.1, 0.15) is 104 Å². The Bertz CT molecular complexity index is 423. The van der Waals surface area contributed by atoms with Crippen LogP contribution >= 0.6 is 0 Å². The summed E-state index contributed by atoms with van der Waals surface area (Å²) in [6.45, 7) is 16.3. The summed E-state index contributed by atoms with van der Waals surface area (Å²) in [5.74, 6) is 0. The molecule has 0 aliphatic rings. The number of rotatable bonds is 9. The lowest BCUT2D eigenvalue weighted by Gasteiger charge is -2.25. The van der Waals surface area contributed by atoms with Crippen LogP contribution in [0.4, 0.5) is 0 Å². The highest BCUT2D eigenvalue weighted by Crippen LogP contribution is 2.35. The first-order valence-corrected chi connectivity index (χ1v) is 9.01. The quantitative estimate of drug-likeness (QED) is 0.499. The predicted octanol–water partition coefficient (Wildman–Crippen LogP) is 6.51. The first-order chi connectivity index (χ1) is 9.78. The molecule has 0 saturated carbocycles. The Morgan fingerprint density at radius 1 is 0.857 bits per heavy atom. The Morgan fingerprint density at radius 3 is 2.00 bits per heavy atom. The van der Waals surface area contributed by atoms with Gasteiger partial charge >= 0.3 is 0 Å². The van der Waals surface area contributed by atoms with Crippen LogP contribution in [-0.4, -0.2) is 4.98 Å². The Balaban J connectivity index is 3.02. The maximum Gasteiger partial charge on any atom is 0.0239 e. The summed E-state index contributed by atoms with van der Waals surface area (Å²) in [6.07, 6.45) is 8.95. The molecule has 0 unspecified atom stereocenters. The molecule has 21 heavy (non-hydrogen) atoms. The largest absolute Gasteiger partial charge is 0.361 e. The van der Waals surface area contributed by atoms with Crippen LogP contribution in [0.2, 0.25) is 0 Å². The summed E-state index contributed by atoms with van der Waals surface area (Å²) >= 11 is 0. The molecule has 0 fully saturated rings. The van der Waals surface area contributed by atoms with Gasteiger partial charge in [-0.2, -0.15) is 0 Å². The highest BCUT2D eigenvalue weighted by atomic mass is 14.8. The fourth-order valence-electron chi connectivity index (χ4n) is 2.77. The second kappa shape index (κ2) is 7.51. The van der Waals surface area contributed by atoms with E-state index in [-0.39, 0.29) is 10.8 Å². The van der Waals surface area contributed by atoms with Crippen LogP contribution < -0.4 is 0 Å². The molecule has 0 saturated heterocycles. The zero-order valence-electron chi connectivity index (χ0n) is 15.5. The number of H-pyrrole nitrogens is 1. The predicted molar refractivity (Wildman–Crippen MR) is 95.3 cm³/mol. The molecule has 0 aliphatic heterocycles. The molecule has 1 heteroatoms. The van der Waals surface area contributed by atoms with E-state index in [1.165, 1.54) is 56.3 Å². The van der Waals surface area contributed by atoms with Crippen LogP contribution in [0.25, 0.3) is 0 Å². The average molecular weight is 292 g/mol. The average Bonchev–Trinajstić information content (AvgIpc) is 2.89. The smallest absolute Gasteiger partial charge is 0.0239 e. The molecule has 1 N–H and O–H groups in total. The van der Waals surface area contributed by atoms with Crippen molar-refractivity contribution in [1.82, 2.24) is 4.98 Å². The SMILES string of the molecule is CCCCCCc1cc(C(C)(C)CC)[nH]c1C(C)(C)CC. The molecule has 0 aromatic carbocycles. The first kappa shape index (κ1) is 18.3. The van der Waals surface area contributed by atoms with E-state index in [4.69, 9.17) is 0 Å². The summed E-state index contributed by atoms with van der Waals surface area (Å²) in [5, 5.41) is 0. The molecule has 1 heterocycles. The van der Waals surface area contributed by atoms with E-state index in [9.17, 15) is 0 Å².